The molecule has 4 aromatic rings. The van der Waals surface area contributed by atoms with Crippen molar-refractivity contribution in [3.63, 3.8) is 0 Å². The highest BCUT2D eigenvalue weighted by Gasteiger charge is 2.25. The quantitative estimate of drug-likeness (QED) is 0.434. The number of amides is 1. The van der Waals surface area contributed by atoms with Gasteiger partial charge in [0.25, 0.3) is 5.91 Å². The third kappa shape index (κ3) is 4.22. The Hall–Kier alpha value is -3.16. The summed E-state index contributed by atoms with van der Waals surface area (Å²) in [6.45, 7) is 0. The van der Waals surface area contributed by atoms with Gasteiger partial charge in [-0.1, -0.05) is 41.9 Å². The van der Waals surface area contributed by atoms with Gasteiger partial charge in [-0.15, -0.1) is 11.3 Å². The molecule has 8 heteroatoms. The van der Waals surface area contributed by atoms with Gasteiger partial charge in [-0.2, -0.15) is 0 Å². The van der Waals surface area contributed by atoms with E-state index in [1.165, 1.54) is 18.4 Å². The fourth-order valence-corrected chi connectivity index (χ4v) is 4.21. The van der Waals surface area contributed by atoms with Crippen molar-refractivity contribution in [2.75, 3.05) is 7.11 Å². The zero-order chi connectivity index (χ0) is 21.1. The Labute approximate surface area is 181 Å². The van der Waals surface area contributed by atoms with Crippen LogP contribution in [0.1, 0.15) is 16.1 Å². The number of thiazole rings is 1. The van der Waals surface area contributed by atoms with E-state index in [9.17, 15) is 9.59 Å². The molecule has 0 saturated heterocycles. The molecule has 0 spiro atoms. The largest absolute Gasteiger partial charge is 0.467 e. The molecule has 1 unspecified atom stereocenters. The summed E-state index contributed by atoms with van der Waals surface area (Å²) in [5.41, 5.74) is 2.95. The van der Waals surface area contributed by atoms with Crippen molar-refractivity contribution >= 4 is 45.7 Å². The molecule has 1 atom stereocenters. The maximum Gasteiger partial charge on any atom is 0.328 e. The molecule has 0 aliphatic heterocycles. The molecule has 2 heterocycles. The zero-order valence-corrected chi connectivity index (χ0v) is 17.6. The van der Waals surface area contributed by atoms with Gasteiger partial charge in [-0.3, -0.25) is 4.79 Å². The highest BCUT2D eigenvalue weighted by molar-refractivity contribution is 7.13. The molecule has 0 fully saturated rings. The summed E-state index contributed by atoms with van der Waals surface area (Å²) in [6.07, 6.45) is 2.14. The molecule has 0 aliphatic carbocycles. The van der Waals surface area contributed by atoms with E-state index < -0.39 is 17.9 Å². The summed E-state index contributed by atoms with van der Waals surface area (Å²) >= 11 is 7.37. The van der Waals surface area contributed by atoms with E-state index in [1.807, 2.05) is 42.6 Å². The van der Waals surface area contributed by atoms with Crippen LogP contribution in [0.5, 0.6) is 0 Å². The minimum atomic E-state index is -0.835. The van der Waals surface area contributed by atoms with Gasteiger partial charge in [0.2, 0.25) is 0 Å². The van der Waals surface area contributed by atoms with E-state index in [2.05, 4.69) is 15.3 Å². The number of halogens is 1. The van der Waals surface area contributed by atoms with Gasteiger partial charge in [0.05, 0.1) is 7.11 Å². The smallest absolute Gasteiger partial charge is 0.328 e. The van der Waals surface area contributed by atoms with E-state index >= 15 is 0 Å². The van der Waals surface area contributed by atoms with Gasteiger partial charge < -0.3 is 15.0 Å². The zero-order valence-electron chi connectivity index (χ0n) is 16.0. The van der Waals surface area contributed by atoms with Gasteiger partial charge in [0.1, 0.15) is 16.7 Å². The summed E-state index contributed by atoms with van der Waals surface area (Å²) in [5, 5.41) is 6.68. The highest BCUT2D eigenvalue weighted by Crippen LogP contribution is 2.26. The monoisotopic (exact) mass is 439 g/mol. The molecule has 0 saturated carbocycles. The number of aromatic nitrogens is 2. The van der Waals surface area contributed by atoms with E-state index in [0.717, 1.165) is 22.0 Å². The van der Waals surface area contributed by atoms with Crippen LogP contribution in [0.3, 0.4) is 0 Å². The fourth-order valence-electron chi connectivity index (χ4n) is 3.22. The van der Waals surface area contributed by atoms with Gasteiger partial charge in [0.15, 0.2) is 0 Å². The molecule has 2 aromatic carbocycles. The maximum absolute atomic E-state index is 12.8. The Morgan fingerprint density at radius 3 is 2.87 bits per heavy atom. The minimum Gasteiger partial charge on any atom is -0.467 e. The van der Waals surface area contributed by atoms with Crippen LogP contribution in [0.15, 0.2) is 60.1 Å². The van der Waals surface area contributed by atoms with Crippen LogP contribution in [0.25, 0.3) is 21.5 Å². The lowest BCUT2D eigenvalue weighted by atomic mass is 10.0. The highest BCUT2D eigenvalue weighted by atomic mass is 35.5. The van der Waals surface area contributed by atoms with E-state index in [1.54, 1.807) is 17.5 Å². The number of fused-ring (bicyclic) bond motifs is 1. The number of rotatable bonds is 6. The summed E-state index contributed by atoms with van der Waals surface area (Å²) in [6, 6.07) is 14.2. The number of nitrogens with zero attached hydrogens (tertiary/aromatic N) is 1. The predicted molar refractivity (Wildman–Crippen MR) is 118 cm³/mol. The number of aromatic amines is 1. The molecule has 4 rings (SSSR count). The van der Waals surface area contributed by atoms with Crippen molar-refractivity contribution in [1.82, 2.24) is 15.3 Å². The number of carbonyl (C=O) groups excluding carboxylic acids is 2. The molecule has 30 heavy (non-hydrogen) atoms. The van der Waals surface area contributed by atoms with Crippen LogP contribution in [0, 0.1) is 0 Å². The van der Waals surface area contributed by atoms with E-state index in [4.69, 9.17) is 16.3 Å². The van der Waals surface area contributed by atoms with Gasteiger partial charge in [-0.25, -0.2) is 9.78 Å². The van der Waals surface area contributed by atoms with Crippen LogP contribution in [0.2, 0.25) is 5.02 Å². The first-order valence-electron chi connectivity index (χ1n) is 9.20. The number of carbonyl (C=O) groups is 2. The lowest BCUT2D eigenvalue weighted by Gasteiger charge is -2.15. The second-order valence-electron chi connectivity index (χ2n) is 6.66. The first-order valence-corrected chi connectivity index (χ1v) is 10.5. The number of ether oxygens (including phenoxy) is 1. The molecule has 6 nitrogen and oxygen atoms in total. The first kappa shape index (κ1) is 20.1. The Kier molecular flexibility index (Phi) is 5.83. The molecular weight excluding hydrogens is 422 g/mol. The van der Waals surface area contributed by atoms with Crippen molar-refractivity contribution in [3.05, 3.63) is 76.4 Å². The standard InChI is InChI=1S/C22H18ClN3O3S/c1-29-22(28)18(10-14-11-24-17-8-3-2-7-16(14)17)25-20(27)19-12-30-21(26-19)13-5-4-6-15(23)9-13/h2-9,11-12,18,24H,10H2,1H3,(H,25,27). The number of nitrogens with one attached hydrogen (secondary N) is 2. The number of hydrogen-bond acceptors (Lipinski definition) is 5. The van der Waals surface area contributed by atoms with E-state index in [-0.39, 0.29) is 5.69 Å². The van der Waals surface area contributed by atoms with Crippen molar-refractivity contribution < 1.29 is 14.3 Å². The van der Waals surface area contributed by atoms with E-state index in [0.29, 0.717) is 16.5 Å². The summed E-state index contributed by atoms with van der Waals surface area (Å²) in [7, 11) is 1.30. The van der Waals surface area contributed by atoms with Crippen molar-refractivity contribution in [3.8, 4) is 10.6 Å². The van der Waals surface area contributed by atoms with Crippen LogP contribution in [-0.4, -0.2) is 35.0 Å². The summed E-state index contributed by atoms with van der Waals surface area (Å²) in [5.74, 6) is -0.950. The first-order chi connectivity index (χ1) is 14.5. The van der Waals surface area contributed by atoms with Gasteiger partial charge in [0, 0.05) is 39.5 Å². The summed E-state index contributed by atoms with van der Waals surface area (Å²) in [4.78, 5) is 32.7. The van der Waals surface area contributed by atoms with Crippen LogP contribution in [0.4, 0.5) is 0 Å². The SMILES string of the molecule is COC(=O)C(Cc1c[nH]c2ccccc12)NC(=O)c1csc(-c2cccc(Cl)c2)n1. The maximum atomic E-state index is 12.8. The Morgan fingerprint density at radius 1 is 1.23 bits per heavy atom. The average Bonchev–Trinajstić information content (AvgIpc) is 3.40. The summed E-state index contributed by atoms with van der Waals surface area (Å²) < 4.78 is 4.90. The number of H-pyrrole nitrogens is 1. The third-order valence-corrected chi connectivity index (χ3v) is 5.82. The lowest BCUT2D eigenvalue weighted by molar-refractivity contribution is -0.142. The predicted octanol–water partition coefficient (Wildman–Crippen LogP) is 4.46. The number of esters is 1. The molecule has 2 aromatic heterocycles. The van der Waals surface area contributed by atoms with Crippen LogP contribution < -0.4 is 5.32 Å². The van der Waals surface area contributed by atoms with Crippen molar-refractivity contribution in [2.45, 2.75) is 12.5 Å². The van der Waals surface area contributed by atoms with Crippen molar-refractivity contribution in [2.24, 2.45) is 0 Å². The average molecular weight is 440 g/mol. The van der Waals surface area contributed by atoms with Crippen LogP contribution in [-0.2, 0) is 16.0 Å². The minimum absolute atomic E-state index is 0.239. The van der Waals surface area contributed by atoms with Crippen molar-refractivity contribution in [1.29, 1.82) is 0 Å². The number of hydrogen-bond donors (Lipinski definition) is 2. The number of para-hydroxylation sites is 1. The molecule has 2 N–H and O–H groups in total. The Morgan fingerprint density at radius 2 is 2.07 bits per heavy atom. The second kappa shape index (κ2) is 8.69. The van der Waals surface area contributed by atoms with Gasteiger partial charge >= 0.3 is 5.97 Å². The number of methoxy groups -OCH3 is 1. The Balaban J connectivity index is 1.53. The third-order valence-electron chi connectivity index (χ3n) is 4.70. The topological polar surface area (TPSA) is 84.1 Å². The lowest BCUT2D eigenvalue weighted by Crippen LogP contribution is -2.43. The second-order valence-corrected chi connectivity index (χ2v) is 7.96. The molecule has 1 amide bonds. The molecule has 0 bridgehead atoms. The normalized spacial score (nSPS) is 11.9. The van der Waals surface area contributed by atoms with Crippen LogP contribution >= 0.6 is 22.9 Å². The number of benzene rings is 2. The Bertz CT molecular complexity index is 1220. The molecular formula is C22H18ClN3O3S. The van der Waals surface area contributed by atoms with Gasteiger partial charge in [-0.05, 0) is 23.8 Å². The molecule has 0 radical (unpaired) electrons. The fraction of sp³-hybridized carbons (Fsp3) is 0.136. The molecule has 0 aliphatic rings. The molecule has 152 valence electrons.